The fourth-order valence-corrected chi connectivity index (χ4v) is 4.72. The Balaban J connectivity index is 1.32. The highest BCUT2D eigenvalue weighted by molar-refractivity contribution is 4.97. The van der Waals surface area contributed by atoms with Gasteiger partial charge < -0.3 is 9.47 Å². The molecule has 0 aromatic carbocycles. The van der Waals surface area contributed by atoms with E-state index in [9.17, 15) is 0 Å². The quantitative estimate of drug-likeness (QED) is 0.713. The molecule has 108 valence electrons. The van der Waals surface area contributed by atoms with Gasteiger partial charge in [-0.2, -0.15) is 0 Å². The fraction of sp³-hybridized carbons (Fsp3) is 1.00. The molecule has 0 radical (unpaired) electrons. The highest BCUT2D eigenvalue weighted by atomic mass is 16.7. The molecule has 2 heteroatoms. The van der Waals surface area contributed by atoms with Crippen LogP contribution in [-0.4, -0.2) is 19.0 Å². The molecule has 1 aliphatic heterocycles. The molecule has 0 aromatic heterocycles. The molecule has 3 aliphatic carbocycles. The fourth-order valence-electron chi connectivity index (χ4n) is 4.72. The molecule has 1 saturated heterocycles. The second-order valence-electron chi connectivity index (χ2n) is 7.81. The zero-order valence-corrected chi connectivity index (χ0v) is 12.3. The van der Waals surface area contributed by atoms with Crippen molar-refractivity contribution in [3.8, 4) is 0 Å². The van der Waals surface area contributed by atoms with Crippen LogP contribution in [0.4, 0.5) is 0 Å². The first-order valence-corrected chi connectivity index (χ1v) is 8.52. The van der Waals surface area contributed by atoms with E-state index in [1.807, 2.05) is 0 Å². The minimum Gasteiger partial charge on any atom is -0.350 e. The van der Waals surface area contributed by atoms with E-state index >= 15 is 0 Å². The summed E-state index contributed by atoms with van der Waals surface area (Å²) in [6.07, 6.45) is 10.8. The predicted molar refractivity (Wildman–Crippen MR) is 74.7 cm³/mol. The number of fused-ring (bicyclic) bond motifs is 1. The molecular formula is C17H28O2. The predicted octanol–water partition coefficient (Wildman–Crippen LogP) is 3.99. The summed E-state index contributed by atoms with van der Waals surface area (Å²) in [4.78, 5) is 0. The van der Waals surface area contributed by atoms with E-state index in [-0.39, 0.29) is 5.79 Å². The lowest BCUT2D eigenvalue weighted by Crippen LogP contribution is -2.47. The summed E-state index contributed by atoms with van der Waals surface area (Å²) in [6, 6.07) is 0. The Morgan fingerprint density at radius 1 is 0.789 bits per heavy atom. The normalized spacial score (nSPS) is 53.8. The van der Waals surface area contributed by atoms with Crippen LogP contribution in [0.15, 0.2) is 0 Å². The third-order valence-corrected chi connectivity index (χ3v) is 6.39. The van der Waals surface area contributed by atoms with Crippen LogP contribution in [0.1, 0.15) is 58.3 Å². The second kappa shape index (κ2) is 4.73. The summed E-state index contributed by atoms with van der Waals surface area (Å²) in [5.74, 6) is 4.28. The van der Waals surface area contributed by atoms with Crippen LogP contribution in [-0.2, 0) is 9.47 Å². The van der Waals surface area contributed by atoms with Crippen LogP contribution in [0.2, 0.25) is 0 Å². The van der Waals surface area contributed by atoms with Crippen LogP contribution < -0.4 is 0 Å². The van der Waals surface area contributed by atoms with Gasteiger partial charge in [-0.1, -0.05) is 19.8 Å². The molecule has 0 amide bonds. The Morgan fingerprint density at radius 3 is 2.21 bits per heavy atom. The lowest BCUT2D eigenvalue weighted by atomic mass is 9.76. The third kappa shape index (κ3) is 2.47. The molecule has 0 N–H and O–H groups in total. The van der Waals surface area contributed by atoms with E-state index in [0.29, 0.717) is 5.92 Å². The van der Waals surface area contributed by atoms with Gasteiger partial charge in [0.05, 0.1) is 13.2 Å². The van der Waals surface area contributed by atoms with Crippen molar-refractivity contribution in [2.24, 2.45) is 29.6 Å². The summed E-state index contributed by atoms with van der Waals surface area (Å²) in [5.41, 5.74) is 0. The topological polar surface area (TPSA) is 18.5 Å². The number of hydrogen-bond donors (Lipinski definition) is 0. The van der Waals surface area contributed by atoms with Gasteiger partial charge in [0.1, 0.15) is 0 Å². The molecule has 0 aromatic rings. The Labute approximate surface area is 117 Å². The molecule has 1 heterocycles. The molecule has 2 nitrogen and oxygen atoms in total. The first-order valence-electron chi connectivity index (χ1n) is 8.52. The molecule has 19 heavy (non-hydrogen) atoms. The maximum Gasteiger partial charge on any atom is 0.168 e. The standard InChI is InChI=1S/C17H28O2/c1-12-2-4-13(5-3-12)16-10-18-17(19-11-16)7-6-14-8-15(14)9-17/h12-16H,2-11H2,1H3. The lowest BCUT2D eigenvalue weighted by molar-refractivity contribution is -0.302. The Kier molecular flexibility index (Phi) is 3.15. The van der Waals surface area contributed by atoms with Gasteiger partial charge >= 0.3 is 0 Å². The van der Waals surface area contributed by atoms with Gasteiger partial charge in [-0.15, -0.1) is 0 Å². The van der Waals surface area contributed by atoms with E-state index in [0.717, 1.165) is 43.3 Å². The minimum absolute atomic E-state index is 0.157. The van der Waals surface area contributed by atoms with Gasteiger partial charge in [0, 0.05) is 18.8 Å². The van der Waals surface area contributed by atoms with Crippen LogP contribution in [0, 0.1) is 29.6 Å². The molecular weight excluding hydrogens is 236 g/mol. The first-order chi connectivity index (χ1) is 9.24. The molecule has 2 atom stereocenters. The summed E-state index contributed by atoms with van der Waals surface area (Å²) in [6.45, 7) is 4.33. The SMILES string of the molecule is CC1CCC(C2COC3(CCC4CC4C3)OC2)CC1. The summed E-state index contributed by atoms with van der Waals surface area (Å²) in [5, 5.41) is 0. The van der Waals surface area contributed by atoms with Crippen molar-refractivity contribution >= 4 is 0 Å². The number of rotatable bonds is 1. The van der Waals surface area contributed by atoms with Gasteiger partial charge in [0.15, 0.2) is 5.79 Å². The van der Waals surface area contributed by atoms with Crippen molar-refractivity contribution in [2.75, 3.05) is 13.2 Å². The van der Waals surface area contributed by atoms with Crippen LogP contribution in [0.3, 0.4) is 0 Å². The van der Waals surface area contributed by atoms with Crippen LogP contribution in [0.5, 0.6) is 0 Å². The number of hydrogen-bond acceptors (Lipinski definition) is 2. The minimum atomic E-state index is -0.157. The van der Waals surface area contributed by atoms with Crippen molar-refractivity contribution < 1.29 is 9.47 Å². The van der Waals surface area contributed by atoms with Crippen molar-refractivity contribution in [3.05, 3.63) is 0 Å². The van der Waals surface area contributed by atoms with E-state index in [1.54, 1.807) is 0 Å². The Hall–Kier alpha value is -0.0800. The molecule has 4 aliphatic rings. The van der Waals surface area contributed by atoms with Gasteiger partial charge in [-0.3, -0.25) is 0 Å². The highest BCUT2D eigenvalue weighted by Gasteiger charge is 2.52. The first kappa shape index (κ1) is 12.6. The summed E-state index contributed by atoms with van der Waals surface area (Å²) in [7, 11) is 0. The van der Waals surface area contributed by atoms with E-state index < -0.39 is 0 Å². The maximum absolute atomic E-state index is 6.27. The van der Waals surface area contributed by atoms with Gasteiger partial charge in [0.2, 0.25) is 0 Å². The van der Waals surface area contributed by atoms with Crippen LogP contribution in [0.25, 0.3) is 0 Å². The van der Waals surface area contributed by atoms with Gasteiger partial charge in [-0.05, 0) is 49.4 Å². The zero-order chi connectivity index (χ0) is 12.9. The molecule has 3 saturated carbocycles. The monoisotopic (exact) mass is 264 g/mol. The van der Waals surface area contributed by atoms with E-state index in [1.165, 1.54) is 44.9 Å². The third-order valence-electron chi connectivity index (χ3n) is 6.39. The number of ether oxygens (including phenoxy) is 2. The zero-order valence-electron chi connectivity index (χ0n) is 12.3. The largest absolute Gasteiger partial charge is 0.350 e. The molecule has 4 rings (SSSR count). The highest BCUT2D eigenvalue weighted by Crippen LogP contribution is 2.55. The smallest absolute Gasteiger partial charge is 0.168 e. The molecule has 1 spiro atoms. The molecule has 0 bridgehead atoms. The molecule has 4 fully saturated rings. The van der Waals surface area contributed by atoms with E-state index in [4.69, 9.17) is 9.47 Å². The Bertz CT molecular complexity index is 324. The van der Waals surface area contributed by atoms with Gasteiger partial charge in [-0.25, -0.2) is 0 Å². The average Bonchev–Trinajstić information content (AvgIpc) is 3.19. The molecule has 2 unspecified atom stereocenters. The van der Waals surface area contributed by atoms with E-state index in [2.05, 4.69) is 6.92 Å². The van der Waals surface area contributed by atoms with Crippen molar-refractivity contribution in [2.45, 2.75) is 64.1 Å². The lowest BCUT2D eigenvalue weighted by Gasteiger charge is -2.45. The average molecular weight is 264 g/mol. The van der Waals surface area contributed by atoms with Crippen molar-refractivity contribution in [1.29, 1.82) is 0 Å². The van der Waals surface area contributed by atoms with Crippen molar-refractivity contribution in [1.82, 2.24) is 0 Å². The van der Waals surface area contributed by atoms with Crippen LogP contribution >= 0.6 is 0 Å². The second-order valence-corrected chi connectivity index (χ2v) is 7.81. The Morgan fingerprint density at radius 2 is 1.53 bits per heavy atom. The maximum atomic E-state index is 6.27. The van der Waals surface area contributed by atoms with Gasteiger partial charge in [0.25, 0.3) is 0 Å². The summed E-state index contributed by atoms with van der Waals surface area (Å²) >= 11 is 0. The summed E-state index contributed by atoms with van der Waals surface area (Å²) < 4.78 is 12.5. The van der Waals surface area contributed by atoms with Crippen molar-refractivity contribution in [3.63, 3.8) is 0 Å².